The van der Waals surface area contributed by atoms with Crippen LogP contribution in [0.3, 0.4) is 0 Å². The van der Waals surface area contributed by atoms with Gasteiger partial charge in [0.25, 0.3) is 0 Å². The molecule has 2 unspecified atom stereocenters. The summed E-state index contributed by atoms with van der Waals surface area (Å²) < 4.78 is 10.4. The van der Waals surface area contributed by atoms with E-state index >= 15 is 0 Å². The van der Waals surface area contributed by atoms with E-state index in [1.807, 2.05) is 6.92 Å². The van der Waals surface area contributed by atoms with Gasteiger partial charge in [0.05, 0.1) is 12.5 Å². The van der Waals surface area contributed by atoms with Crippen molar-refractivity contribution in [2.45, 2.75) is 38.5 Å². The lowest BCUT2D eigenvalue weighted by Crippen LogP contribution is -2.08. The van der Waals surface area contributed by atoms with Gasteiger partial charge in [0.2, 0.25) is 5.89 Å². The van der Waals surface area contributed by atoms with Crippen molar-refractivity contribution in [3.05, 3.63) is 11.7 Å². The number of Topliss-reactive ketones (excluding diaryl/α,β-unsaturated/α-hetero) is 1. The number of rotatable bonds is 4. The Labute approximate surface area is 94.2 Å². The zero-order valence-corrected chi connectivity index (χ0v) is 9.60. The molecule has 0 aromatic carbocycles. The summed E-state index contributed by atoms with van der Waals surface area (Å²) in [5.74, 6) is 1.14. The first kappa shape index (κ1) is 11.3. The predicted octanol–water partition coefficient (Wildman–Crippen LogP) is 1.66. The molecule has 88 valence electrons. The molecule has 1 aliphatic rings. The van der Waals surface area contributed by atoms with Gasteiger partial charge in [0, 0.05) is 18.9 Å². The van der Waals surface area contributed by atoms with Crippen LogP contribution < -0.4 is 0 Å². The van der Waals surface area contributed by atoms with Crippen LogP contribution in [-0.2, 0) is 9.53 Å². The topological polar surface area (TPSA) is 65.2 Å². The van der Waals surface area contributed by atoms with E-state index in [0.29, 0.717) is 24.7 Å². The van der Waals surface area contributed by atoms with E-state index in [9.17, 15) is 4.79 Å². The van der Waals surface area contributed by atoms with Crippen LogP contribution in [0.1, 0.15) is 50.2 Å². The first-order valence-corrected chi connectivity index (χ1v) is 5.66. The molecule has 0 aliphatic carbocycles. The molecule has 0 saturated carbocycles. The molecule has 0 N–H and O–H groups in total. The summed E-state index contributed by atoms with van der Waals surface area (Å²) in [7, 11) is 0. The van der Waals surface area contributed by atoms with Crippen LogP contribution in [-0.4, -0.2) is 29.1 Å². The molecule has 2 heterocycles. The van der Waals surface area contributed by atoms with Gasteiger partial charge in [-0.3, -0.25) is 4.79 Å². The maximum atomic E-state index is 11.5. The molecule has 1 aliphatic heterocycles. The SMILES string of the molecule is CCC(=O)C(C)c1nc(C2CCOC2)no1. The average molecular weight is 224 g/mol. The van der Waals surface area contributed by atoms with Gasteiger partial charge < -0.3 is 9.26 Å². The third-order valence-electron chi connectivity index (χ3n) is 2.95. The van der Waals surface area contributed by atoms with Crippen molar-refractivity contribution in [2.75, 3.05) is 13.2 Å². The number of nitrogens with zero attached hydrogens (tertiary/aromatic N) is 2. The van der Waals surface area contributed by atoms with E-state index in [2.05, 4.69) is 10.1 Å². The van der Waals surface area contributed by atoms with Gasteiger partial charge in [-0.15, -0.1) is 0 Å². The summed E-state index contributed by atoms with van der Waals surface area (Å²) in [4.78, 5) is 15.8. The quantitative estimate of drug-likeness (QED) is 0.778. The van der Waals surface area contributed by atoms with Crippen molar-refractivity contribution in [1.29, 1.82) is 0 Å². The zero-order chi connectivity index (χ0) is 11.5. The van der Waals surface area contributed by atoms with E-state index < -0.39 is 0 Å². The average Bonchev–Trinajstić information content (AvgIpc) is 2.96. The highest BCUT2D eigenvalue weighted by atomic mass is 16.5. The van der Waals surface area contributed by atoms with Crippen molar-refractivity contribution in [1.82, 2.24) is 10.1 Å². The molecule has 2 rings (SSSR count). The first-order valence-electron chi connectivity index (χ1n) is 5.66. The van der Waals surface area contributed by atoms with Gasteiger partial charge in [-0.2, -0.15) is 4.98 Å². The third-order valence-corrected chi connectivity index (χ3v) is 2.95. The largest absolute Gasteiger partial charge is 0.381 e. The molecule has 5 heteroatoms. The summed E-state index contributed by atoms with van der Waals surface area (Å²) in [5, 5.41) is 3.92. The highest BCUT2D eigenvalue weighted by Gasteiger charge is 2.26. The standard InChI is InChI=1S/C11H16N2O3/c1-3-9(14)7(2)11-12-10(13-16-11)8-4-5-15-6-8/h7-8H,3-6H2,1-2H3. The number of aromatic nitrogens is 2. The molecular formula is C11H16N2O3. The summed E-state index contributed by atoms with van der Waals surface area (Å²) in [5.41, 5.74) is 0. The lowest BCUT2D eigenvalue weighted by molar-refractivity contribution is -0.120. The third kappa shape index (κ3) is 2.14. The molecule has 1 fully saturated rings. The van der Waals surface area contributed by atoms with Gasteiger partial charge in [0.15, 0.2) is 5.82 Å². The maximum absolute atomic E-state index is 11.5. The summed E-state index contributed by atoms with van der Waals surface area (Å²) >= 11 is 0. The zero-order valence-electron chi connectivity index (χ0n) is 9.60. The fourth-order valence-corrected chi connectivity index (χ4v) is 1.77. The number of hydrogen-bond donors (Lipinski definition) is 0. The van der Waals surface area contributed by atoms with Crippen LogP contribution >= 0.6 is 0 Å². The van der Waals surface area contributed by atoms with E-state index in [1.54, 1.807) is 6.92 Å². The fourth-order valence-electron chi connectivity index (χ4n) is 1.77. The van der Waals surface area contributed by atoms with Crippen LogP contribution in [0.5, 0.6) is 0 Å². The van der Waals surface area contributed by atoms with E-state index in [4.69, 9.17) is 9.26 Å². The molecule has 2 atom stereocenters. The number of carbonyl (C=O) groups excluding carboxylic acids is 1. The minimum absolute atomic E-state index is 0.123. The van der Waals surface area contributed by atoms with E-state index in [-0.39, 0.29) is 17.6 Å². The summed E-state index contributed by atoms with van der Waals surface area (Å²) in [6.07, 6.45) is 1.42. The minimum Gasteiger partial charge on any atom is -0.381 e. The van der Waals surface area contributed by atoms with Crippen molar-refractivity contribution < 1.29 is 14.1 Å². The molecular weight excluding hydrogens is 208 g/mol. The predicted molar refractivity (Wildman–Crippen MR) is 56.2 cm³/mol. The number of hydrogen-bond acceptors (Lipinski definition) is 5. The Morgan fingerprint density at radius 3 is 3.06 bits per heavy atom. The Balaban J connectivity index is 2.09. The molecule has 1 aromatic rings. The highest BCUT2D eigenvalue weighted by Crippen LogP contribution is 2.24. The molecule has 0 spiro atoms. The van der Waals surface area contributed by atoms with Crippen molar-refractivity contribution >= 4 is 5.78 Å². The van der Waals surface area contributed by atoms with Gasteiger partial charge in [-0.25, -0.2) is 0 Å². The maximum Gasteiger partial charge on any atom is 0.236 e. The second-order valence-electron chi connectivity index (χ2n) is 4.09. The lowest BCUT2D eigenvalue weighted by atomic mass is 10.0. The van der Waals surface area contributed by atoms with Gasteiger partial charge >= 0.3 is 0 Å². The lowest BCUT2D eigenvalue weighted by Gasteiger charge is -2.02. The molecule has 1 aromatic heterocycles. The first-order chi connectivity index (χ1) is 7.72. The van der Waals surface area contributed by atoms with E-state index in [1.165, 1.54) is 0 Å². The monoisotopic (exact) mass is 224 g/mol. The fraction of sp³-hybridized carbons (Fsp3) is 0.727. The van der Waals surface area contributed by atoms with Gasteiger partial charge in [-0.1, -0.05) is 12.1 Å². The Morgan fingerprint density at radius 2 is 2.44 bits per heavy atom. The van der Waals surface area contributed by atoms with Crippen LogP contribution in [0.2, 0.25) is 0 Å². The minimum atomic E-state index is -0.298. The Kier molecular flexibility index (Phi) is 3.33. The van der Waals surface area contributed by atoms with Crippen LogP contribution in [0.25, 0.3) is 0 Å². The van der Waals surface area contributed by atoms with Crippen molar-refractivity contribution in [2.24, 2.45) is 0 Å². The molecule has 5 nitrogen and oxygen atoms in total. The Bertz CT molecular complexity index is 369. The van der Waals surface area contributed by atoms with E-state index in [0.717, 1.165) is 13.0 Å². The Morgan fingerprint density at radius 1 is 1.62 bits per heavy atom. The van der Waals surface area contributed by atoms with Crippen LogP contribution in [0.15, 0.2) is 4.52 Å². The Hall–Kier alpha value is -1.23. The second kappa shape index (κ2) is 4.74. The second-order valence-corrected chi connectivity index (χ2v) is 4.09. The van der Waals surface area contributed by atoms with Gasteiger partial charge in [0.1, 0.15) is 5.78 Å². The van der Waals surface area contributed by atoms with Crippen LogP contribution in [0, 0.1) is 0 Å². The number of carbonyl (C=O) groups is 1. The van der Waals surface area contributed by atoms with Crippen molar-refractivity contribution in [3.8, 4) is 0 Å². The van der Waals surface area contributed by atoms with Gasteiger partial charge in [-0.05, 0) is 13.3 Å². The normalized spacial score (nSPS) is 22.2. The smallest absolute Gasteiger partial charge is 0.236 e. The summed E-state index contributed by atoms with van der Waals surface area (Å²) in [6, 6.07) is 0. The highest BCUT2D eigenvalue weighted by molar-refractivity contribution is 5.83. The summed E-state index contributed by atoms with van der Waals surface area (Å²) in [6.45, 7) is 5.03. The van der Waals surface area contributed by atoms with Crippen LogP contribution in [0.4, 0.5) is 0 Å². The molecule has 16 heavy (non-hydrogen) atoms. The van der Waals surface area contributed by atoms with Crippen molar-refractivity contribution in [3.63, 3.8) is 0 Å². The number of ether oxygens (including phenoxy) is 1. The molecule has 0 amide bonds. The number of ketones is 1. The molecule has 1 saturated heterocycles. The molecule has 0 bridgehead atoms. The molecule has 0 radical (unpaired) electrons.